The lowest BCUT2D eigenvalue weighted by Crippen LogP contribution is -2.12. The first-order chi connectivity index (χ1) is 4.37. The average molecular weight is 114 g/mol. The van der Waals surface area contributed by atoms with Gasteiger partial charge in [-0.15, -0.1) is 0 Å². The summed E-state index contributed by atoms with van der Waals surface area (Å²) < 4.78 is 0. The van der Waals surface area contributed by atoms with E-state index in [4.69, 9.17) is 0 Å². The van der Waals surface area contributed by atoms with Gasteiger partial charge in [-0.1, -0.05) is 36.5 Å². The highest BCUT2D eigenvalue weighted by molar-refractivity contribution is 5.75. The molecule has 0 N–H and O–H groups in total. The van der Waals surface area contributed by atoms with Crippen molar-refractivity contribution in [2.75, 3.05) is 0 Å². The Morgan fingerprint density at radius 2 is 0.667 bits per heavy atom. The van der Waals surface area contributed by atoms with Crippen molar-refractivity contribution in [3.63, 3.8) is 0 Å². The van der Waals surface area contributed by atoms with E-state index in [1.807, 2.05) is 0 Å². The highest BCUT2D eigenvalue weighted by Gasteiger charge is 2.91. The third-order valence-electron chi connectivity index (χ3n) is 3.82. The highest BCUT2D eigenvalue weighted by atomic mass is 14.9. The van der Waals surface area contributed by atoms with E-state index < -0.39 is 0 Å². The molecule has 4 aliphatic rings. The van der Waals surface area contributed by atoms with E-state index in [0.29, 0.717) is 16.2 Å². The van der Waals surface area contributed by atoms with E-state index in [2.05, 4.69) is 36.5 Å². The van der Waals surface area contributed by atoms with Crippen molar-refractivity contribution in [2.24, 2.45) is 16.2 Å². The second-order valence-electron chi connectivity index (χ2n) is 3.61. The molecule has 1 saturated carbocycles. The summed E-state index contributed by atoms with van der Waals surface area (Å²) in [7, 11) is 0. The fourth-order valence-electron chi connectivity index (χ4n) is 3.04. The summed E-state index contributed by atoms with van der Waals surface area (Å²) >= 11 is 0. The van der Waals surface area contributed by atoms with Gasteiger partial charge in [0.15, 0.2) is 0 Å². The number of hydrogen-bond donors (Lipinski definition) is 0. The van der Waals surface area contributed by atoms with Crippen LogP contribution in [0, 0.1) is 16.2 Å². The zero-order valence-electron chi connectivity index (χ0n) is 4.96. The Morgan fingerprint density at radius 3 is 0.778 bits per heavy atom. The number of rotatable bonds is 0. The fourth-order valence-corrected chi connectivity index (χ4v) is 3.04. The van der Waals surface area contributed by atoms with Crippen LogP contribution >= 0.6 is 0 Å². The smallest absolute Gasteiger partial charge is 0.0337 e. The minimum absolute atomic E-state index is 0.542. The van der Waals surface area contributed by atoms with Crippen LogP contribution in [0.25, 0.3) is 0 Å². The minimum Gasteiger partial charge on any atom is -0.0752 e. The van der Waals surface area contributed by atoms with Crippen molar-refractivity contribution in [2.45, 2.75) is 0 Å². The maximum absolute atomic E-state index is 2.35. The molecule has 0 nitrogen and oxygen atoms in total. The molecule has 0 bridgehead atoms. The fraction of sp³-hybridized carbons (Fsp3) is 0.333. The van der Waals surface area contributed by atoms with Gasteiger partial charge in [0.1, 0.15) is 0 Å². The summed E-state index contributed by atoms with van der Waals surface area (Å²) in [5.41, 5.74) is 1.62. The van der Waals surface area contributed by atoms with E-state index in [1.54, 1.807) is 0 Å². The first-order valence-corrected chi connectivity index (χ1v) is 3.48. The molecule has 0 amide bonds. The molecular weight excluding hydrogens is 108 g/mol. The third kappa shape index (κ3) is 0.0962. The largest absolute Gasteiger partial charge is 0.0752 e. The first-order valence-electron chi connectivity index (χ1n) is 3.48. The lowest BCUT2D eigenvalue weighted by atomic mass is 9.83. The Bertz CT molecular complexity index is 233. The van der Waals surface area contributed by atoms with Gasteiger partial charge in [0.2, 0.25) is 0 Å². The molecule has 0 atom stereocenters. The summed E-state index contributed by atoms with van der Waals surface area (Å²) in [5, 5.41) is 0. The molecule has 42 valence electrons. The van der Waals surface area contributed by atoms with Crippen LogP contribution in [0.4, 0.5) is 0 Å². The molecule has 0 radical (unpaired) electrons. The van der Waals surface area contributed by atoms with Gasteiger partial charge in [-0.3, -0.25) is 0 Å². The van der Waals surface area contributed by atoms with Gasteiger partial charge in [-0.2, -0.15) is 0 Å². The molecular formula is C9H6. The van der Waals surface area contributed by atoms with Crippen molar-refractivity contribution < 1.29 is 0 Å². The SMILES string of the molecule is C1=CC23C=CC24C=CC134. The van der Waals surface area contributed by atoms with Crippen molar-refractivity contribution >= 4 is 0 Å². The lowest BCUT2D eigenvalue weighted by molar-refractivity contribution is 0.612. The van der Waals surface area contributed by atoms with E-state index >= 15 is 0 Å². The quantitative estimate of drug-likeness (QED) is 0.420. The van der Waals surface area contributed by atoms with Gasteiger partial charge < -0.3 is 0 Å². The van der Waals surface area contributed by atoms with Gasteiger partial charge in [0, 0.05) is 16.2 Å². The first kappa shape index (κ1) is 3.40. The van der Waals surface area contributed by atoms with Gasteiger partial charge in [0.05, 0.1) is 0 Å². The molecule has 0 aliphatic heterocycles. The predicted molar refractivity (Wildman–Crippen MR) is 34.7 cm³/mol. The maximum atomic E-state index is 2.35. The molecule has 4 aliphatic carbocycles. The molecule has 4 rings (SSSR count). The van der Waals surface area contributed by atoms with Crippen molar-refractivity contribution in [3.05, 3.63) is 36.5 Å². The summed E-state index contributed by atoms with van der Waals surface area (Å²) in [4.78, 5) is 0. The molecule has 3 spiro atoms. The van der Waals surface area contributed by atoms with Gasteiger partial charge >= 0.3 is 0 Å². The van der Waals surface area contributed by atoms with E-state index in [9.17, 15) is 0 Å². The van der Waals surface area contributed by atoms with Crippen LogP contribution in [0.2, 0.25) is 0 Å². The minimum atomic E-state index is 0.542. The topological polar surface area (TPSA) is 0 Å². The standard InChI is InChI=1S/C9H6/c1-2-8-5-6-9(8)4-3-7(1,8)9/h1-6H. The van der Waals surface area contributed by atoms with Gasteiger partial charge in [-0.25, -0.2) is 0 Å². The lowest BCUT2D eigenvalue weighted by Gasteiger charge is -2.20. The Labute approximate surface area is 53.6 Å². The van der Waals surface area contributed by atoms with Crippen molar-refractivity contribution in [3.8, 4) is 0 Å². The van der Waals surface area contributed by atoms with E-state index in [-0.39, 0.29) is 0 Å². The predicted octanol–water partition coefficient (Wildman–Crippen LogP) is 1.67. The third-order valence-corrected chi connectivity index (χ3v) is 3.82. The Hall–Kier alpha value is -0.780. The average Bonchev–Trinajstić information content (AvgIpc) is 1.68. The van der Waals surface area contributed by atoms with E-state index in [1.165, 1.54) is 0 Å². The molecule has 0 aromatic heterocycles. The second kappa shape index (κ2) is 0.518. The molecule has 0 aromatic carbocycles. The summed E-state index contributed by atoms with van der Waals surface area (Å²) in [5.74, 6) is 0. The zero-order valence-corrected chi connectivity index (χ0v) is 4.96. The summed E-state index contributed by atoms with van der Waals surface area (Å²) in [6.45, 7) is 0. The molecule has 9 heavy (non-hydrogen) atoms. The molecule has 0 unspecified atom stereocenters. The van der Waals surface area contributed by atoms with Crippen molar-refractivity contribution in [1.82, 2.24) is 0 Å². The highest BCUT2D eigenvalue weighted by Crippen LogP contribution is 2.96. The maximum Gasteiger partial charge on any atom is 0.0337 e. The van der Waals surface area contributed by atoms with Crippen LogP contribution in [0.15, 0.2) is 36.5 Å². The van der Waals surface area contributed by atoms with E-state index in [0.717, 1.165) is 0 Å². The molecule has 0 aromatic rings. The Morgan fingerprint density at radius 1 is 0.444 bits per heavy atom. The van der Waals surface area contributed by atoms with Gasteiger partial charge in [-0.05, 0) is 0 Å². The summed E-state index contributed by atoms with van der Waals surface area (Å²) in [6, 6.07) is 0. The molecule has 1 fully saturated rings. The monoisotopic (exact) mass is 114 g/mol. The molecule has 0 saturated heterocycles. The number of allylic oxidation sites excluding steroid dienone is 6. The molecule has 0 heteroatoms. The zero-order chi connectivity index (χ0) is 5.74. The van der Waals surface area contributed by atoms with Crippen LogP contribution in [0.5, 0.6) is 0 Å². The number of hydrogen-bond acceptors (Lipinski definition) is 0. The van der Waals surface area contributed by atoms with Crippen LogP contribution < -0.4 is 0 Å². The van der Waals surface area contributed by atoms with Crippen LogP contribution in [0.3, 0.4) is 0 Å². The summed E-state index contributed by atoms with van der Waals surface area (Å²) in [6.07, 6.45) is 14.1. The van der Waals surface area contributed by atoms with Crippen LogP contribution in [-0.2, 0) is 0 Å². The van der Waals surface area contributed by atoms with Crippen LogP contribution in [-0.4, -0.2) is 0 Å². The Kier molecular flexibility index (Phi) is 0.196. The molecule has 0 heterocycles. The second-order valence-corrected chi connectivity index (χ2v) is 3.61. The van der Waals surface area contributed by atoms with Crippen molar-refractivity contribution in [1.29, 1.82) is 0 Å². The normalized spacial score (nSPS) is 74.7. The van der Waals surface area contributed by atoms with Gasteiger partial charge in [0.25, 0.3) is 0 Å². The Balaban J connectivity index is 2.26. The van der Waals surface area contributed by atoms with Crippen LogP contribution in [0.1, 0.15) is 0 Å².